The van der Waals surface area contributed by atoms with Crippen molar-refractivity contribution in [3.05, 3.63) is 121 Å². The van der Waals surface area contributed by atoms with Crippen LogP contribution in [0.2, 0.25) is 10.1 Å². The average molecular weight is 1030 g/mol. The van der Waals surface area contributed by atoms with Crippen LogP contribution < -0.4 is 26.1 Å². The Morgan fingerprint density at radius 1 is 0.514 bits per heavy atom. The van der Waals surface area contributed by atoms with Crippen LogP contribution in [0.1, 0.15) is 76.2 Å². The molecule has 0 spiro atoms. The second-order valence-corrected chi connectivity index (χ2v) is 28.7. The number of amides is 1. The molecule has 388 valence electrons. The zero-order valence-corrected chi connectivity index (χ0v) is 44.9. The molecule has 0 bridgehead atoms. The van der Waals surface area contributed by atoms with Gasteiger partial charge in [0.2, 0.25) is 5.91 Å². The van der Waals surface area contributed by atoms with E-state index in [0.717, 1.165) is 41.5 Å². The molecule has 2 heterocycles. The van der Waals surface area contributed by atoms with Gasteiger partial charge in [0.1, 0.15) is 37.1 Å². The Bertz CT molecular complexity index is 2370. The van der Waals surface area contributed by atoms with Crippen molar-refractivity contribution in [3.8, 4) is 0 Å². The van der Waals surface area contributed by atoms with E-state index in [4.69, 9.17) is 42.0 Å². The lowest BCUT2D eigenvalue weighted by Crippen LogP contribution is -2.74. The number of rotatable bonds is 17. The minimum absolute atomic E-state index is 0.242. The molecule has 16 nitrogen and oxygen atoms in total. The molecule has 2 aliphatic heterocycles. The summed E-state index contributed by atoms with van der Waals surface area (Å²) in [4.78, 5) is 64.0. The maximum Gasteiger partial charge on any atom is 0.303 e. The zero-order valence-electron chi connectivity index (χ0n) is 42.9. The Kier molecular flexibility index (Phi) is 18.2. The highest BCUT2D eigenvalue weighted by Gasteiger charge is 2.60. The molecule has 10 atom stereocenters. The highest BCUT2D eigenvalue weighted by molar-refractivity contribution is 7.00. The van der Waals surface area contributed by atoms with Gasteiger partial charge in [-0.05, 0) is 30.8 Å². The minimum Gasteiger partial charge on any atom is -0.463 e. The van der Waals surface area contributed by atoms with Gasteiger partial charge in [0.15, 0.2) is 30.9 Å². The molecule has 2 aliphatic rings. The first-order chi connectivity index (χ1) is 34.0. The molecule has 2 fully saturated rings. The molecule has 2 N–H and O–H groups in total. The van der Waals surface area contributed by atoms with Crippen LogP contribution in [0.5, 0.6) is 0 Å². The van der Waals surface area contributed by atoms with E-state index in [0.29, 0.717) is 0 Å². The van der Waals surface area contributed by atoms with Gasteiger partial charge in [0, 0.05) is 34.6 Å². The minimum atomic E-state index is -3.52. The SMILES string of the molecule is CC(=O)N[C@H]1[C@H](O[Si](c2ccccc2)(c2ccccc2)C(C)(C)C)O[C@H](CO[Si](c2ccccc2)(c2ccccc2)C(C)(C)C)[C@@H](O[C@@H]2O[C@H](COC(C)=O)[C@H](OC(C)=O)[C@H](OC(C)=O)[C@H]2OC(C)=O)[C@@H]1O. The van der Waals surface area contributed by atoms with Crippen LogP contribution in [-0.2, 0) is 66.0 Å². The Balaban J connectivity index is 1.56. The number of carbonyl (C=O) groups is 5. The van der Waals surface area contributed by atoms with Crippen molar-refractivity contribution in [2.75, 3.05) is 13.2 Å². The maximum absolute atomic E-state index is 13.4. The van der Waals surface area contributed by atoms with Gasteiger partial charge in [0.05, 0.1) is 6.61 Å². The first-order valence-electron chi connectivity index (χ1n) is 24.1. The average Bonchev–Trinajstić information content (AvgIpc) is 3.31. The molecule has 6 rings (SSSR count). The number of ether oxygens (including phenoxy) is 7. The second-order valence-electron chi connectivity index (χ2n) is 20.2. The summed E-state index contributed by atoms with van der Waals surface area (Å²) in [5.74, 6) is -3.72. The first kappa shape index (κ1) is 55.7. The normalized spacial score (nSPS) is 24.8. The number of benzene rings is 4. The molecule has 2 saturated heterocycles. The molecule has 4 aromatic carbocycles. The van der Waals surface area contributed by atoms with Crippen LogP contribution in [0.25, 0.3) is 0 Å². The molecule has 0 aromatic heterocycles. The van der Waals surface area contributed by atoms with E-state index >= 15 is 0 Å². The molecule has 0 saturated carbocycles. The van der Waals surface area contributed by atoms with Gasteiger partial charge in [-0.2, -0.15) is 0 Å². The number of hydrogen-bond acceptors (Lipinski definition) is 15. The third-order valence-corrected chi connectivity index (χ3v) is 22.9. The van der Waals surface area contributed by atoms with Crippen molar-refractivity contribution in [1.29, 1.82) is 0 Å². The Hall–Kier alpha value is -5.58. The largest absolute Gasteiger partial charge is 0.463 e. The van der Waals surface area contributed by atoms with Crippen molar-refractivity contribution in [3.63, 3.8) is 0 Å². The van der Waals surface area contributed by atoms with Crippen LogP contribution >= 0.6 is 0 Å². The van der Waals surface area contributed by atoms with Crippen molar-refractivity contribution in [2.45, 2.75) is 148 Å². The van der Waals surface area contributed by atoms with Crippen LogP contribution in [0.4, 0.5) is 0 Å². The highest BCUT2D eigenvalue weighted by atomic mass is 28.4. The maximum atomic E-state index is 13.4. The number of carbonyl (C=O) groups excluding carboxylic acids is 5. The van der Waals surface area contributed by atoms with Gasteiger partial charge in [-0.15, -0.1) is 0 Å². The van der Waals surface area contributed by atoms with Crippen LogP contribution in [-0.4, -0.2) is 126 Å². The van der Waals surface area contributed by atoms with Crippen molar-refractivity contribution in [2.24, 2.45) is 0 Å². The lowest BCUT2D eigenvalue weighted by molar-refractivity contribution is -0.345. The fraction of sp³-hybridized carbons (Fsp3) is 0.463. The summed E-state index contributed by atoms with van der Waals surface area (Å²) in [6, 6.07) is 38.2. The first-order valence-corrected chi connectivity index (χ1v) is 27.9. The van der Waals surface area contributed by atoms with Gasteiger partial charge in [0.25, 0.3) is 16.6 Å². The topological polar surface area (TPSA) is 201 Å². The molecule has 0 aliphatic carbocycles. The van der Waals surface area contributed by atoms with Gasteiger partial charge in [-0.3, -0.25) is 24.0 Å². The van der Waals surface area contributed by atoms with Gasteiger partial charge in [-0.25, -0.2) is 0 Å². The van der Waals surface area contributed by atoms with E-state index in [9.17, 15) is 29.1 Å². The fourth-order valence-corrected chi connectivity index (χ4v) is 19.1. The molecule has 0 radical (unpaired) electrons. The van der Waals surface area contributed by atoms with Gasteiger partial charge >= 0.3 is 23.9 Å². The summed E-state index contributed by atoms with van der Waals surface area (Å²) >= 11 is 0. The third-order valence-electron chi connectivity index (χ3n) is 12.9. The molecule has 1 amide bonds. The van der Waals surface area contributed by atoms with E-state index in [1.165, 1.54) is 13.8 Å². The lowest BCUT2D eigenvalue weighted by atomic mass is 9.95. The fourth-order valence-electron chi connectivity index (χ4n) is 10.00. The van der Waals surface area contributed by atoms with E-state index in [-0.39, 0.29) is 6.61 Å². The van der Waals surface area contributed by atoms with E-state index < -0.39 is 124 Å². The Morgan fingerprint density at radius 2 is 0.903 bits per heavy atom. The Labute approximate surface area is 424 Å². The molecule has 0 unspecified atom stereocenters. The summed E-state index contributed by atoms with van der Waals surface area (Å²) in [5.41, 5.74) is 0. The van der Waals surface area contributed by atoms with E-state index in [2.05, 4.69) is 46.9 Å². The predicted octanol–water partition coefficient (Wildman–Crippen LogP) is 4.20. The zero-order chi connectivity index (χ0) is 52.6. The molecular weight excluding hydrogens is 959 g/mol. The van der Waals surface area contributed by atoms with E-state index in [1.54, 1.807) is 0 Å². The Morgan fingerprint density at radius 3 is 1.31 bits per heavy atom. The second kappa shape index (κ2) is 23.5. The summed E-state index contributed by atoms with van der Waals surface area (Å²) in [6.45, 7) is 17.7. The van der Waals surface area contributed by atoms with Crippen LogP contribution in [0.3, 0.4) is 0 Å². The number of aliphatic hydroxyl groups excluding tert-OH is 1. The molecule has 4 aromatic rings. The summed E-state index contributed by atoms with van der Waals surface area (Å²) in [5, 5.41) is 18.6. The van der Waals surface area contributed by atoms with Gasteiger partial charge in [-0.1, -0.05) is 163 Å². The lowest BCUT2D eigenvalue weighted by Gasteiger charge is -2.52. The number of nitrogens with one attached hydrogen (secondary N) is 1. The van der Waals surface area contributed by atoms with Gasteiger partial charge < -0.3 is 52.4 Å². The monoisotopic (exact) mass is 1030 g/mol. The summed E-state index contributed by atoms with van der Waals surface area (Å²) in [6.07, 6.45) is -13.7. The number of hydrogen-bond donors (Lipinski definition) is 2. The summed E-state index contributed by atoms with van der Waals surface area (Å²) in [7, 11) is -6.91. The molecule has 18 heteroatoms. The number of aliphatic hydroxyl groups is 1. The van der Waals surface area contributed by atoms with Crippen molar-refractivity contribution < 1.29 is 71.1 Å². The molecule has 72 heavy (non-hydrogen) atoms. The highest BCUT2D eigenvalue weighted by Crippen LogP contribution is 2.42. The smallest absolute Gasteiger partial charge is 0.303 e. The predicted molar refractivity (Wildman–Crippen MR) is 271 cm³/mol. The molecular formula is C54H69NO15Si2. The van der Waals surface area contributed by atoms with Crippen LogP contribution in [0, 0.1) is 0 Å². The summed E-state index contributed by atoms with van der Waals surface area (Å²) < 4.78 is 58.1. The quantitative estimate of drug-likeness (QED) is 0.0866. The van der Waals surface area contributed by atoms with Crippen molar-refractivity contribution >= 4 is 67.2 Å². The number of esters is 4. The van der Waals surface area contributed by atoms with Crippen LogP contribution in [0.15, 0.2) is 121 Å². The third kappa shape index (κ3) is 12.4. The van der Waals surface area contributed by atoms with E-state index in [1.807, 2.05) is 121 Å². The standard InChI is InChI=1S/C54H69NO15Si2/c1-34(56)55-45-46(61)47(69-52-50(66-38(5)60)49(65-37(4)59)48(64-36(3)58)43(68-52)32-62-35(2)57)44(33-63-71(53(6,7)8,39-24-16-12-17-25-39)40-26-18-13-19-27-40)67-51(45)70-72(54(9,10)11,41-28-20-14-21-29-41)42-30-22-15-23-31-42/h12-31,43-52,61H,32-33H2,1-11H3,(H,55,56)/t43-,44-,45-,46-,47-,48+,49+,50-,51+,52+/m1/s1. The van der Waals surface area contributed by atoms with Crippen molar-refractivity contribution in [1.82, 2.24) is 5.32 Å².